The summed E-state index contributed by atoms with van der Waals surface area (Å²) in [6, 6.07) is 4.13. The molecule has 0 saturated carbocycles. The van der Waals surface area contributed by atoms with Gasteiger partial charge in [0.05, 0.1) is 38.9 Å². The van der Waals surface area contributed by atoms with Crippen LogP contribution in [-0.2, 0) is 17.5 Å². The third kappa shape index (κ3) is 5.48. The van der Waals surface area contributed by atoms with Crippen molar-refractivity contribution in [3.63, 3.8) is 0 Å². The Balaban J connectivity index is 2.72. The molecule has 0 fully saturated rings. The summed E-state index contributed by atoms with van der Waals surface area (Å²) in [7, 11) is 0. The molecule has 14 heteroatoms. The Morgan fingerprint density at radius 1 is 1.10 bits per heavy atom. The molecule has 0 saturated heterocycles. The lowest BCUT2D eigenvalue weighted by Crippen LogP contribution is -2.10. The third-order valence-electron chi connectivity index (χ3n) is 3.22. The van der Waals surface area contributed by atoms with Crippen molar-refractivity contribution in [3.05, 3.63) is 39.1 Å². The average molecular weight is 475 g/mol. The van der Waals surface area contributed by atoms with Crippen LogP contribution in [0.4, 0.5) is 26.3 Å². The molecule has 0 atom stereocenters. The Bertz CT molecular complexity index is 983. The van der Waals surface area contributed by atoms with E-state index in [1.54, 1.807) is 6.07 Å². The summed E-state index contributed by atoms with van der Waals surface area (Å²) in [5.41, 5.74) is -7.40. The molecule has 1 aromatic carbocycles. The van der Waals surface area contributed by atoms with Crippen molar-refractivity contribution in [2.24, 2.45) is 0 Å². The fourth-order valence-corrected chi connectivity index (χ4v) is 3.50. The number of hydrogen-bond acceptors (Lipinski definition) is 5. The molecule has 0 spiro atoms. The Kier molecular flexibility index (Phi) is 6.96. The number of thioether (sulfide) groups is 1. The van der Waals surface area contributed by atoms with Crippen molar-refractivity contribution in [1.82, 2.24) is 9.78 Å². The second-order valence-corrected chi connectivity index (χ2v) is 7.02. The van der Waals surface area contributed by atoms with Gasteiger partial charge in [-0.15, -0.1) is 0 Å². The van der Waals surface area contributed by atoms with Crippen LogP contribution in [0, 0.1) is 22.7 Å². The highest BCUT2D eigenvalue weighted by Gasteiger charge is 2.36. The average Bonchev–Trinajstić information content (AvgIpc) is 2.89. The number of hydrogen-bond donors (Lipinski definition) is 0. The minimum absolute atomic E-state index is 0.359. The maximum absolute atomic E-state index is 12.9. The van der Waals surface area contributed by atoms with Crippen molar-refractivity contribution in [2.75, 3.05) is 6.61 Å². The van der Waals surface area contributed by atoms with Crippen LogP contribution < -0.4 is 0 Å². The number of nitriles is 2. The molecular formula is C15H6Cl2F6N4OS. The Morgan fingerprint density at radius 2 is 1.69 bits per heavy atom. The fourth-order valence-electron chi connectivity index (χ4n) is 2.17. The van der Waals surface area contributed by atoms with Crippen LogP contribution in [0.1, 0.15) is 17.0 Å². The number of benzene rings is 1. The first-order chi connectivity index (χ1) is 13.4. The van der Waals surface area contributed by atoms with Crippen LogP contribution in [0.3, 0.4) is 0 Å². The van der Waals surface area contributed by atoms with Gasteiger partial charge in [0.15, 0.2) is 5.69 Å². The first-order valence-corrected chi connectivity index (χ1v) is 8.75. The zero-order chi connectivity index (χ0) is 22.0. The second kappa shape index (κ2) is 8.71. The highest BCUT2D eigenvalue weighted by Crippen LogP contribution is 2.43. The van der Waals surface area contributed by atoms with E-state index >= 15 is 0 Å². The van der Waals surface area contributed by atoms with Crippen LogP contribution in [0.2, 0.25) is 10.0 Å². The number of ether oxygens (including phenoxy) is 1. The van der Waals surface area contributed by atoms with E-state index in [2.05, 4.69) is 5.10 Å². The molecule has 1 heterocycles. The zero-order valence-electron chi connectivity index (χ0n) is 13.7. The maximum Gasteiger partial charge on any atom is 0.446 e. The molecule has 0 N–H and O–H groups in total. The van der Waals surface area contributed by atoms with E-state index in [1.807, 2.05) is 0 Å². The van der Waals surface area contributed by atoms with Gasteiger partial charge in [-0.3, -0.25) is 0 Å². The highest BCUT2D eigenvalue weighted by molar-refractivity contribution is 8.00. The van der Waals surface area contributed by atoms with Gasteiger partial charge in [0.1, 0.15) is 18.4 Å². The van der Waals surface area contributed by atoms with E-state index in [0.29, 0.717) is 16.8 Å². The third-order valence-corrected chi connectivity index (χ3v) is 4.66. The predicted octanol–water partition coefficient (Wildman–Crippen LogP) is 5.72. The summed E-state index contributed by atoms with van der Waals surface area (Å²) >= 11 is 11.1. The van der Waals surface area contributed by atoms with Crippen molar-refractivity contribution in [1.29, 1.82) is 10.5 Å². The quantitative estimate of drug-likeness (QED) is 0.314. The predicted molar refractivity (Wildman–Crippen MR) is 90.5 cm³/mol. The van der Waals surface area contributed by atoms with Gasteiger partial charge >= 0.3 is 11.7 Å². The number of halogens is 8. The molecule has 5 nitrogen and oxygen atoms in total. The summed E-state index contributed by atoms with van der Waals surface area (Å²) < 4.78 is 83.1. The van der Waals surface area contributed by atoms with Crippen molar-refractivity contribution in [3.8, 4) is 17.8 Å². The standard InChI is InChI=1S/C15H6Cl2F6N4OS/c16-8-3-7(14(18,19)20)4-9(17)12(8)27-11(6-28-2-1-24)13(10(5-25)26-27)29-15(21,22)23/h3-4H,2,6H2. The SMILES string of the molecule is N#CCOCc1c(SC(F)(F)F)c(C#N)nn1-c1c(Cl)cc(C(F)(F)F)cc1Cl. The molecule has 0 amide bonds. The molecule has 0 aliphatic rings. The first kappa shape index (κ1) is 23.2. The Labute approximate surface area is 173 Å². The van der Waals surface area contributed by atoms with E-state index < -0.39 is 62.9 Å². The molecule has 0 bridgehead atoms. The lowest BCUT2D eigenvalue weighted by atomic mass is 10.2. The van der Waals surface area contributed by atoms with Crippen LogP contribution in [0.5, 0.6) is 0 Å². The molecule has 29 heavy (non-hydrogen) atoms. The molecule has 0 unspecified atom stereocenters. The van der Waals surface area contributed by atoms with Crippen LogP contribution >= 0.6 is 35.0 Å². The van der Waals surface area contributed by atoms with Crippen LogP contribution in [0.25, 0.3) is 5.69 Å². The minimum atomic E-state index is -4.81. The number of nitrogens with zero attached hydrogens (tertiary/aromatic N) is 4. The number of rotatable bonds is 5. The topological polar surface area (TPSA) is 74.6 Å². The largest absolute Gasteiger partial charge is 0.446 e. The molecule has 1 aromatic heterocycles. The summed E-state index contributed by atoms with van der Waals surface area (Å²) in [5.74, 6) is 0. The van der Waals surface area contributed by atoms with Crippen LogP contribution in [-0.4, -0.2) is 21.9 Å². The second-order valence-electron chi connectivity index (χ2n) is 5.13. The van der Waals surface area contributed by atoms with Gasteiger partial charge < -0.3 is 4.74 Å². The summed E-state index contributed by atoms with van der Waals surface area (Å²) in [5, 5.41) is 20.3. The molecular weight excluding hydrogens is 469 g/mol. The van der Waals surface area contributed by atoms with Gasteiger partial charge in [-0.1, -0.05) is 23.2 Å². The summed E-state index contributed by atoms with van der Waals surface area (Å²) in [6.07, 6.45) is -4.77. The first-order valence-electron chi connectivity index (χ1n) is 7.18. The van der Waals surface area contributed by atoms with Gasteiger partial charge in [0.2, 0.25) is 0 Å². The van der Waals surface area contributed by atoms with Crippen molar-refractivity contribution < 1.29 is 31.1 Å². The molecule has 0 radical (unpaired) electrons. The molecule has 0 aliphatic heterocycles. The van der Waals surface area contributed by atoms with Crippen LogP contribution in [0.15, 0.2) is 17.0 Å². The van der Waals surface area contributed by atoms with Gasteiger partial charge in [-0.2, -0.15) is 42.0 Å². The van der Waals surface area contributed by atoms with E-state index in [-0.39, 0.29) is 11.4 Å². The lowest BCUT2D eigenvalue weighted by Gasteiger charge is -2.15. The van der Waals surface area contributed by atoms with Gasteiger partial charge in [-0.05, 0) is 23.9 Å². The van der Waals surface area contributed by atoms with E-state index in [0.717, 1.165) is 0 Å². The summed E-state index contributed by atoms with van der Waals surface area (Å²) in [6.45, 7) is -1.12. The number of alkyl halides is 6. The van der Waals surface area contributed by atoms with E-state index in [9.17, 15) is 26.3 Å². The Hall–Kier alpha value is -2.12. The van der Waals surface area contributed by atoms with Crippen molar-refractivity contribution >= 4 is 35.0 Å². The van der Waals surface area contributed by atoms with Gasteiger partial charge in [0, 0.05) is 0 Å². The summed E-state index contributed by atoms with van der Waals surface area (Å²) in [4.78, 5) is -0.648. The van der Waals surface area contributed by atoms with E-state index in [1.165, 1.54) is 6.07 Å². The smallest absolute Gasteiger partial charge is 0.360 e. The van der Waals surface area contributed by atoms with E-state index in [4.69, 9.17) is 38.5 Å². The van der Waals surface area contributed by atoms with Gasteiger partial charge in [-0.25, -0.2) is 4.68 Å². The monoisotopic (exact) mass is 474 g/mol. The maximum atomic E-state index is 12.9. The fraction of sp³-hybridized carbons (Fsp3) is 0.267. The van der Waals surface area contributed by atoms with Crippen molar-refractivity contribution in [2.45, 2.75) is 23.2 Å². The zero-order valence-corrected chi connectivity index (χ0v) is 16.0. The highest BCUT2D eigenvalue weighted by atomic mass is 35.5. The minimum Gasteiger partial charge on any atom is -0.360 e. The molecule has 2 rings (SSSR count). The lowest BCUT2D eigenvalue weighted by molar-refractivity contribution is -0.137. The normalized spacial score (nSPS) is 11.9. The molecule has 154 valence electrons. The molecule has 0 aliphatic carbocycles. The van der Waals surface area contributed by atoms with Gasteiger partial charge in [0.25, 0.3) is 0 Å². The molecule has 2 aromatic rings. The number of aromatic nitrogens is 2. The Morgan fingerprint density at radius 3 is 2.14 bits per heavy atom.